The highest BCUT2D eigenvalue weighted by molar-refractivity contribution is 5.43. The molecule has 0 radical (unpaired) electrons. The first-order valence-corrected chi connectivity index (χ1v) is 9.99. The molecule has 0 atom stereocenters. The van der Waals surface area contributed by atoms with Gasteiger partial charge in [0, 0.05) is 31.3 Å². The number of hydrogen-bond donors (Lipinski definition) is 1. The molecule has 0 unspecified atom stereocenters. The number of nitrogens with one attached hydrogen (secondary N) is 1. The standard InChI is InChI=1S/C21H25N3O3/c25-19-6-7-20(23-22-19)26-17-4-5-18-15(14-17)8-9-21(27-18)10-12-24(13-11-21)16-2-1-3-16/h4-7,14,16H,1-3,8-13H2,(H,22,25). The predicted molar refractivity (Wildman–Crippen MR) is 101 cm³/mol. The van der Waals surface area contributed by atoms with E-state index in [1.165, 1.54) is 44.0 Å². The summed E-state index contributed by atoms with van der Waals surface area (Å²) in [5, 5.41) is 6.27. The lowest BCUT2D eigenvalue weighted by atomic mass is 9.81. The first-order valence-electron chi connectivity index (χ1n) is 9.99. The third-order valence-electron chi connectivity index (χ3n) is 6.38. The van der Waals surface area contributed by atoms with Crippen LogP contribution in [0.1, 0.15) is 44.1 Å². The number of aromatic amines is 1. The van der Waals surface area contributed by atoms with Gasteiger partial charge in [0.05, 0.1) is 0 Å². The van der Waals surface area contributed by atoms with Crippen molar-refractivity contribution in [3.05, 3.63) is 46.2 Å². The van der Waals surface area contributed by atoms with Crippen LogP contribution in [0.4, 0.5) is 0 Å². The van der Waals surface area contributed by atoms with Crippen molar-refractivity contribution in [2.75, 3.05) is 13.1 Å². The SMILES string of the molecule is O=c1ccc(Oc2ccc3c(c2)CCC2(CCN(C4CCC4)CC2)O3)n[nH]1. The van der Waals surface area contributed by atoms with Gasteiger partial charge in [-0.2, -0.15) is 0 Å². The zero-order valence-corrected chi connectivity index (χ0v) is 15.4. The number of H-pyrrole nitrogens is 1. The molecule has 3 heterocycles. The van der Waals surface area contributed by atoms with E-state index in [-0.39, 0.29) is 11.2 Å². The second-order valence-electron chi connectivity index (χ2n) is 8.04. The second kappa shape index (κ2) is 6.68. The molecule has 27 heavy (non-hydrogen) atoms. The molecule has 0 bridgehead atoms. The van der Waals surface area contributed by atoms with Gasteiger partial charge in [-0.05, 0) is 62.3 Å². The third kappa shape index (κ3) is 3.34. The highest BCUT2D eigenvalue weighted by Gasteiger charge is 2.41. The summed E-state index contributed by atoms with van der Waals surface area (Å²) in [5.41, 5.74) is 0.953. The van der Waals surface area contributed by atoms with Gasteiger partial charge in [0.1, 0.15) is 17.1 Å². The second-order valence-corrected chi connectivity index (χ2v) is 8.04. The molecule has 142 valence electrons. The molecule has 6 nitrogen and oxygen atoms in total. The van der Waals surface area contributed by atoms with E-state index in [1.54, 1.807) is 6.07 Å². The molecule has 5 rings (SSSR count). The van der Waals surface area contributed by atoms with Crippen LogP contribution >= 0.6 is 0 Å². The molecule has 3 aliphatic rings. The van der Waals surface area contributed by atoms with Crippen LogP contribution in [0.15, 0.2) is 35.1 Å². The Balaban J connectivity index is 1.26. The van der Waals surface area contributed by atoms with E-state index in [0.717, 1.165) is 37.5 Å². The van der Waals surface area contributed by atoms with E-state index in [9.17, 15) is 4.79 Å². The topological polar surface area (TPSA) is 67.4 Å². The van der Waals surface area contributed by atoms with Crippen LogP contribution in [0.3, 0.4) is 0 Å². The molecule has 0 amide bonds. The molecular weight excluding hydrogens is 342 g/mol. The molecule has 1 spiro atoms. The number of rotatable bonds is 3. The maximum Gasteiger partial charge on any atom is 0.264 e. The molecule has 2 aliphatic heterocycles. The molecule has 1 saturated carbocycles. The Labute approximate surface area is 158 Å². The minimum absolute atomic E-state index is 0.0100. The minimum Gasteiger partial charge on any atom is -0.487 e. The maximum absolute atomic E-state index is 11.1. The van der Waals surface area contributed by atoms with Gasteiger partial charge in [0.15, 0.2) is 0 Å². The zero-order valence-electron chi connectivity index (χ0n) is 15.4. The first-order chi connectivity index (χ1) is 13.2. The van der Waals surface area contributed by atoms with Gasteiger partial charge in [-0.1, -0.05) is 6.42 Å². The number of likely N-dealkylation sites (tertiary alicyclic amines) is 1. The van der Waals surface area contributed by atoms with Crippen LogP contribution in [0, 0.1) is 0 Å². The van der Waals surface area contributed by atoms with E-state index in [2.05, 4.69) is 15.1 Å². The monoisotopic (exact) mass is 367 g/mol. The molecule has 1 aromatic carbocycles. The Morgan fingerprint density at radius 3 is 2.70 bits per heavy atom. The van der Waals surface area contributed by atoms with Gasteiger partial charge in [0.25, 0.3) is 5.56 Å². The number of ether oxygens (including phenoxy) is 2. The van der Waals surface area contributed by atoms with E-state index < -0.39 is 0 Å². The number of nitrogens with zero attached hydrogens (tertiary/aromatic N) is 2. The van der Waals surface area contributed by atoms with Crippen molar-refractivity contribution >= 4 is 0 Å². The van der Waals surface area contributed by atoms with E-state index in [1.807, 2.05) is 18.2 Å². The highest BCUT2D eigenvalue weighted by Crippen LogP contribution is 2.42. The maximum atomic E-state index is 11.1. The fourth-order valence-corrected chi connectivity index (χ4v) is 4.47. The molecule has 1 aromatic heterocycles. The van der Waals surface area contributed by atoms with Gasteiger partial charge in [-0.3, -0.25) is 4.79 Å². The predicted octanol–water partition coefficient (Wildman–Crippen LogP) is 3.27. The number of aryl methyl sites for hydroxylation is 1. The van der Waals surface area contributed by atoms with Crippen molar-refractivity contribution in [3.8, 4) is 17.4 Å². The molecule has 2 fully saturated rings. The Morgan fingerprint density at radius 1 is 1.15 bits per heavy atom. The smallest absolute Gasteiger partial charge is 0.264 e. The number of benzene rings is 1. The van der Waals surface area contributed by atoms with Crippen LogP contribution < -0.4 is 15.0 Å². The van der Waals surface area contributed by atoms with E-state index in [0.29, 0.717) is 11.6 Å². The van der Waals surface area contributed by atoms with Gasteiger partial charge < -0.3 is 14.4 Å². The van der Waals surface area contributed by atoms with Crippen LogP contribution in [0.25, 0.3) is 0 Å². The minimum atomic E-state index is -0.241. The summed E-state index contributed by atoms with van der Waals surface area (Å²) in [6, 6.07) is 9.75. The summed E-state index contributed by atoms with van der Waals surface area (Å²) in [6.45, 7) is 2.33. The summed E-state index contributed by atoms with van der Waals surface area (Å²) in [7, 11) is 0. The molecule has 1 saturated heterocycles. The summed E-state index contributed by atoms with van der Waals surface area (Å²) >= 11 is 0. The van der Waals surface area contributed by atoms with Crippen molar-refractivity contribution in [1.82, 2.24) is 15.1 Å². The third-order valence-corrected chi connectivity index (χ3v) is 6.38. The molecule has 1 N–H and O–H groups in total. The first kappa shape index (κ1) is 16.8. The Kier molecular flexibility index (Phi) is 4.16. The summed E-state index contributed by atoms with van der Waals surface area (Å²) in [5.74, 6) is 2.08. The number of aromatic nitrogens is 2. The average molecular weight is 367 g/mol. The van der Waals surface area contributed by atoms with Gasteiger partial charge in [-0.15, -0.1) is 5.10 Å². The van der Waals surface area contributed by atoms with Crippen LogP contribution in [0.5, 0.6) is 17.4 Å². The lowest BCUT2D eigenvalue weighted by Crippen LogP contribution is -2.53. The summed E-state index contributed by atoms with van der Waals surface area (Å²) in [6.07, 6.45) is 8.49. The van der Waals surface area contributed by atoms with Crippen molar-refractivity contribution < 1.29 is 9.47 Å². The lowest BCUT2D eigenvalue weighted by molar-refractivity contribution is -0.0337. The Morgan fingerprint density at radius 2 is 2.00 bits per heavy atom. The zero-order chi connectivity index (χ0) is 18.3. The van der Waals surface area contributed by atoms with Gasteiger partial charge >= 0.3 is 0 Å². The highest BCUT2D eigenvalue weighted by atomic mass is 16.5. The molecule has 1 aliphatic carbocycles. The quantitative estimate of drug-likeness (QED) is 0.902. The van der Waals surface area contributed by atoms with Crippen molar-refractivity contribution in [2.45, 2.75) is 56.6 Å². The fraction of sp³-hybridized carbons (Fsp3) is 0.524. The van der Waals surface area contributed by atoms with Crippen molar-refractivity contribution in [1.29, 1.82) is 0 Å². The molecule has 2 aromatic rings. The van der Waals surface area contributed by atoms with Crippen LogP contribution in [0.2, 0.25) is 0 Å². The lowest BCUT2D eigenvalue weighted by Gasteiger charge is -2.48. The number of piperidine rings is 1. The Hall–Kier alpha value is -2.34. The van der Waals surface area contributed by atoms with Gasteiger partial charge in [0.2, 0.25) is 5.88 Å². The normalized spacial score (nSPS) is 21.9. The van der Waals surface area contributed by atoms with Crippen LogP contribution in [-0.4, -0.2) is 39.8 Å². The fourth-order valence-electron chi connectivity index (χ4n) is 4.47. The van der Waals surface area contributed by atoms with Gasteiger partial charge in [-0.25, -0.2) is 5.10 Å². The van der Waals surface area contributed by atoms with E-state index in [4.69, 9.17) is 9.47 Å². The van der Waals surface area contributed by atoms with Crippen molar-refractivity contribution in [3.63, 3.8) is 0 Å². The Bertz CT molecular complexity index is 862. The number of hydrogen-bond acceptors (Lipinski definition) is 5. The number of fused-ring (bicyclic) bond motifs is 1. The summed E-state index contributed by atoms with van der Waals surface area (Å²) in [4.78, 5) is 13.8. The van der Waals surface area contributed by atoms with E-state index >= 15 is 0 Å². The average Bonchev–Trinajstić information content (AvgIpc) is 2.64. The van der Waals surface area contributed by atoms with Crippen molar-refractivity contribution in [2.24, 2.45) is 0 Å². The summed E-state index contributed by atoms with van der Waals surface area (Å²) < 4.78 is 12.3. The molecule has 6 heteroatoms. The molecular formula is C21H25N3O3. The largest absolute Gasteiger partial charge is 0.487 e. The van der Waals surface area contributed by atoms with Crippen LogP contribution in [-0.2, 0) is 6.42 Å².